The van der Waals surface area contributed by atoms with Crippen molar-refractivity contribution in [2.24, 2.45) is 0 Å². The fourth-order valence-corrected chi connectivity index (χ4v) is 3.24. The van der Waals surface area contributed by atoms with Crippen molar-refractivity contribution in [3.05, 3.63) is 65.9 Å². The van der Waals surface area contributed by atoms with E-state index in [-0.39, 0.29) is 17.6 Å². The van der Waals surface area contributed by atoms with Crippen LogP contribution in [0.2, 0.25) is 0 Å². The van der Waals surface area contributed by atoms with Gasteiger partial charge in [-0.1, -0.05) is 17.3 Å². The first kappa shape index (κ1) is 18.1. The van der Waals surface area contributed by atoms with E-state index < -0.39 is 0 Å². The van der Waals surface area contributed by atoms with E-state index in [9.17, 15) is 4.79 Å². The summed E-state index contributed by atoms with van der Waals surface area (Å²) in [5, 5.41) is 6.94. The Labute approximate surface area is 163 Å². The van der Waals surface area contributed by atoms with Gasteiger partial charge < -0.3 is 19.3 Å². The van der Waals surface area contributed by atoms with Gasteiger partial charge in [0, 0.05) is 23.6 Å². The van der Waals surface area contributed by atoms with Crippen molar-refractivity contribution in [3.8, 4) is 22.8 Å². The van der Waals surface area contributed by atoms with Crippen LogP contribution in [0.15, 0.2) is 59.1 Å². The number of nitrogens with one attached hydrogen (secondary N) is 1. The quantitative estimate of drug-likeness (QED) is 0.672. The summed E-state index contributed by atoms with van der Waals surface area (Å²) in [6.07, 6.45) is 0.907. The van der Waals surface area contributed by atoms with Crippen molar-refractivity contribution in [1.29, 1.82) is 0 Å². The zero-order valence-electron chi connectivity index (χ0n) is 15.8. The summed E-state index contributed by atoms with van der Waals surface area (Å²) in [7, 11) is 1.62. The molecule has 0 bridgehead atoms. The summed E-state index contributed by atoms with van der Waals surface area (Å²) >= 11 is 0. The van der Waals surface area contributed by atoms with Crippen molar-refractivity contribution < 1.29 is 18.8 Å². The van der Waals surface area contributed by atoms with Crippen LogP contribution in [0.4, 0.5) is 0 Å². The molecule has 0 aliphatic heterocycles. The van der Waals surface area contributed by atoms with E-state index in [0.717, 1.165) is 23.5 Å². The molecule has 1 saturated carbocycles. The van der Waals surface area contributed by atoms with Gasteiger partial charge in [-0.3, -0.25) is 4.79 Å². The van der Waals surface area contributed by atoms with Crippen LogP contribution in [0.5, 0.6) is 11.5 Å². The molecule has 1 amide bonds. The third-order valence-electron chi connectivity index (χ3n) is 4.82. The maximum absolute atomic E-state index is 12.5. The number of ether oxygens (including phenoxy) is 2. The van der Waals surface area contributed by atoms with Crippen molar-refractivity contribution in [2.75, 3.05) is 13.7 Å². The van der Waals surface area contributed by atoms with Crippen LogP contribution in [-0.2, 0) is 0 Å². The van der Waals surface area contributed by atoms with Gasteiger partial charge in [0.15, 0.2) is 11.5 Å². The average Bonchev–Trinajstić information content (AvgIpc) is 3.31. The van der Waals surface area contributed by atoms with E-state index in [2.05, 4.69) is 16.5 Å². The summed E-state index contributed by atoms with van der Waals surface area (Å²) in [4.78, 5) is 12.5. The standard InChI is InChI=1S/C22H22N2O4/c1-3-27-17-6-4-5-15(11-17)18-12-19(18)23-22(25)20-13-21(28-24-20)14-7-9-16(26-2)10-8-14/h4-11,13,18-19H,3,12H2,1-2H3,(H,23,25)/t18-,19-/m0/s1. The fraction of sp³-hybridized carbons (Fsp3) is 0.273. The Morgan fingerprint density at radius 3 is 2.75 bits per heavy atom. The lowest BCUT2D eigenvalue weighted by atomic mass is 10.1. The summed E-state index contributed by atoms with van der Waals surface area (Å²) in [6, 6.07) is 17.2. The number of amides is 1. The molecule has 1 N–H and O–H groups in total. The van der Waals surface area contributed by atoms with Gasteiger partial charge in [0.05, 0.1) is 13.7 Å². The molecule has 0 radical (unpaired) electrons. The first-order valence-electron chi connectivity index (χ1n) is 9.32. The zero-order chi connectivity index (χ0) is 19.5. The van der Waals surface area contributed by atoms with Crippen LogP contribution in [0.1, 0.15) is 35.3 Å². The van der Waals surface area contributed by atoms with Crippen molar-refractivity contribution in [3.63, 3.8) is 0 Å². The van der Waals surface area contributed by atoms with Crippen LogP contribution in [0, 0.1) is 0 Å². The van der Waals surface area contributed by atoms with E-state index >= 15 is 0 Å². The van der Waals surface area contributed by atoms with E-state index in [1.54, 1.807) is 13.2 Å². The second-order valence-electron chi connectivity index (χ2n) is 6.73. The molecule has 144 valence electrons. The van der Waals surface area contributed by atoms with Crippen molar-refractivity contribution in [1.82, 2.24) is 10.5 Å². The molecule has 28 heavy (non-hydrogen) atoms. The Bertz CT molecular complexity index is 965. The molecule has 0 spiro atoms. The predicted octanol–water partition coefficient (Wildman–Crippen LogP) is 4.03. The highest BCUT2D eigenvalue weighted by Crippen LogP contribution is 2.42. The number of carbonyl (C=O) groups excluding carboxylic acids is 1. The monoisotopic (exact) mass is 378 g/mol. The van der Waals surface area contributed by atoms with Crippen LogP contribution in [0.25, 0.3) is 11.3 Å². The predicted molar refractivity (Wildman–Crippen MR) is 105 cm³/mol. The minimum Gasteiger partial charge on any atom is -0.497 e. The maximum atomic E-state index is 12.5. The highest BCUT2D eigenvalue weighted by Gasteiger charge is 2.40. The van der Waals surface area contributed by atoms with Gasteiger partial charge in [0.25, 0.3) is 5.91 Å². The third-order valence-corrected chi connectivity index (χ3v) is 4.82. The Kier molecular flexibility index (Phi) is 5.02. The van der Waals surface area contributed by atoms with Gasteiger partial charge in [-0.25, -0.2) is 0 Å². The summed E-state index contributed by atoms with van der Waals surface area (Å²) < 4.78 is 16.0. The number of benzene rings is 2. The van der Waals surface area contributed by atoms with Gasteiger partial charge >= 0.3 is 0 Å². The van der Waals surface area contributed by atoms with Gasteiger partial charge in [0.1, 0.15) is 11.5 Å². The van der Waals surface area contributed by atoms with Crippen LogP contribution >= 0.6 is 0 Å². The molecule has 1 aliphatic carbocycles. The minimum atomic E-state index is -0.225. The molecule has 1 aliphatic rings. The first-order chi connectivity index (χ1) is 13.7. The molecule has 1 fully saturated rings. The number of rotatable bonds is 7. The topological polar surface area (TPSA) is 73.6 Å². The number of aromatic nitrogens is 1. The van der Waals surface area contributed by atoms with Crippen molar-refractivity contribution in [2.45, 2.75) is 25.3 Å². The zero-order valence-corrected chi connectivity index (χ0v) is 15.8. The normalized spacial score (nSPS) is 17.8. The summed E-state index contributed by atoms with van der Waals surface area (Å²) in [5.41, 5.74) is 2.29. The van der Waals surface area contributed by atoms with Crippen molar-refractivity contribution >= 4 is 5.91 Å². The molecule has 2 atom stereocenters. The molecule has 4 rings (SSSR count). The first-order valence-corrected chi connectivity index (χ1v) is 9.32. The number of hydrogen-bond acceptors (Lipinski definition) is 5. The Balaban J connectivity index is 1.38. The fourth-order valence-electron chi connectivity index (χ4n) is 3.24. The molecule has 1 heterocycles. The second-order valence-corrected chi connectivity index (χ2v) is 6.73. The maximum Gasteiger partial charge on any atom is 0.273 e. The molecule has 3 aromatic rings. The van der Waals surface area contributed by atoms with Crippen LogP contribution < -0.4 is 14.8 Å². The molecule has 0 saturated heterocycles. The van der Waals surface area contributed by atoms with Gasteiger partial charge in [-0.2, -0.15) is 0 Å². The molecule has 6 heteroatoms. The van der Waals surface area contributed by atoms with E-state index in [1.807, 2.05) is 49.4 Å². The SMILES string of the molecule is CCOc1cccc([C@@H]2C[C@@H]2NC(=O)c2cc(-c3ccc(OC)cc3)on2)c1. The molecular weight excluding hydrogens is 356 g/mol. The minimum absolute atomic E-state index is 0.102. The largest absolute Gasteiger partial charge is 0.497 e. The van der Waals surface area contributed by atoms with E-state index in [4.69, 9.17) is 14.0 Å². The number of nitrogens with zero attached hydrogens (tertiary/aromatic N) is 1. The Hall–Kier alpha value is -3.28. The summed E-state index contributed by atoms with van der Waals surface area (Å²) in [5.74, 6) is 2.24. The molecule has 2 aromatic carbocycles. The highest BCUT2D eigenvalue weighted by atomic mass is 16.5. The second kappa shape index (κ2) is 7.76. The lowest BCUT2D eigenvalue weighted by Gasteiger charge is -2.06. The number of carbonyl (C=O) groups is 1. The molecule has 0 unspecified atom stereocenters. The van der Waals surface area contributed by atoms with Gasteiger partial charge in [0.2, 0.25) is 0 Å². The lowest BCUT2D eigenvalue weighted by Crippen LogP contribution is -2.26. The molecule has 1 aromatic heterocycles. The van der Waals surface area contributed by atoms with E-state index in [0.29, 0.717) is 18.3 Å². The highest BCUT2D eigenvalue weighted by molar-refractivity contribution is 5.93. The lowest BCUT2D eigenvalue weighted by molar-refractivity contribution is 0.0941. The number of hydrogen-bond donors (Lipinski definition) is 1. The summed E-state index contributed by atoms with van der Waals surface area (Å²) in [6.45, 7) is 2.60. The van der Waals surface area contributed by atoms with E-state index in [1.165, 1.54) is 5.56 Å². The average molecular weight is 378 g/mol. The van der Waals surface area contributed by atoms with Crippen LogP contribution in [0.3, 0.4) is 0 Å². The Morgan fingerprint density at radius 2 is 2.00 bits per heavy atom. The number of methoxy groups -OCH3 is 1. The Morgan fingerprint density at radius 1 is 1.18 bits per heavy atom. The van der Waals surface area contributed by atoms with Crippen LogP contribution in [-0.4, -0.2) is 30.8 Å². The molecular formula is C22H22N2O4. The van der Waals surface area contributed by atoms with Gasteiger partial charge in [-0.15, -0.1) is 0 Å². The smallest absolute Gasteiger partial charge is 0.273 e. The van der Waals surface area contributed by atoms with Gasteiger partial charge in [-0.05, 0) is 55.3 Å². The third kappa shape index (κ3) is 3.86. The molecule has 6 nitrogen and oxygen atoms in total.